The van der Waals surface area contributed by atoms with Crippen LogP contribution in [0, 0.1) is 5.82 Å². The van der Waals surface area contributed by atoms with Crippen molar-refractivity contribution in [3.05, 3.63) is 78.9 Å². The second-order valence-corrected chi connectivity index (χ2v) is 9.18. The number of thiazole rings is 1. The Morgan fingerprint density at radius 1 is 0.970 bits per heavy atom. The minimum absolute atomic E-state index is 0.0617. The Morgan fingerprint density at radius 3 is 2.33 bits per heavy atom. The quantitative estimate of drug-likeness (QED) is 0.379. The van der Waals surface area contributed by atoms with Crippen molar-refractivity contribution in [2.24, 2.45) is 0 Å². The van der Waals surface area contributed by atoms with E-state index in [1.165, 1.54) is 12.1 Å². The molecule has 2 aromatic carbocycles. The molecule has 5 rings (SSSR count). The molecule has 0 saturated carbocycles. The molecule has 1 atom stereocenters. The highest BCUT2D eigenvalue weighted by Crippen LogP contribution is 2.42. The van der Waals surface area contributed by atoms with Crippen molar-refractivity contribution in [3.63, 3.8) is 0 Å². The molecule has 5 nitrogen and oxygen atoms in total. The Hall–Kier alpha value is -3.13. The summed E-state index contributed by atoms with van der Waals surface area (Å²) in [5.41, 5.74) is 4.83. The number of halogens is 1. The number of hydrogen-bond acceptors (Lipinski definition) is 6. The Morgan fingerprint density at radius 2 is 1.67 bits per heavy atom. The SMILES string of the molecule is OC(O)CC1CCCN1c1nc(-c2ccc(-c3ccc(F)cc3)cc2)c(-c2cccnc2)s1. The summed E-state index contributed by atoms with van der Waals surface area (Å²) in [5.74, 6) is -0.250. The van der Waals surface area contributed by atoms with Crippen molar-refractivity contribution >= 4 is 16.5 Å². The van der Waals surface area contributed by atoms with Gasteiger partial charge in [-0.15, -0.1) is 0 Å². The largest absolute Gasteiger partial charge is 0.368 e. The third-order valence-electron chi connectivity index (χ3n) is 5.98. The van der Waals surface area contributed by atoms with Gasteiger partial charge in [0, 0.05) is 42.5 Å². The van der Waals surface area contributed by atoms with Crippen LogP contribution in [0.1, 0.15) is 19.3 Å². The van der Waals surface area contributed by atoms with E-state index in [4.69, 9.17) is 4.98 Å². The fourth-order valence-electron chi connectivity index (χ4n) is 4.36. The van der Waals surface area contributed by atoms with Gasteiger partial charge in [0.1, 0.15) is 5.82 Å². The van der Waals surface area contributed by atoms with Gasteiger partial charge in [0.25, 0.3) is 0 Å². The highest BCUT2D eigenvalue weighted by atomic mass is 32.1. The van der Waals surface area contributed by atoms with Gasteiger partial charge in [0.05, 0.1) is 10.6 Å². The first-order valence-electron chi connectivity index (χ1n) is 11.0. The van der Waals surface area contributed by atoms with Crippen molar-refractivity contribution in [2.75, 3.05) is 11.4 Å². The number of hydrogen-bond donors (Lipinski definition) is 2. The molecule has 4 aromatic rings. The van der Waals surface area contributed by atoms with Gasteiger partial charge in [-0.05, 0) is 42.2 Å². The number of aliphatic hydroxyl groups excluding tert-OH is 1. The van der Waals surface area contributed by atoms with Crippen LogP contribution in [0.4, 0.5) is 9.52 Å². The van der Waals surface area contributed by atoms with Crippen molar-refractivity contribution in [2.45, 2.75) is 31.6 Å². The van der Waals surface area contributed by atoms with Gasteiger partial charge >= 0.3 is 0 Å². The molecule has 2 aromatic heterocycles. The number of anilines is 1. The Bertz CT molecular complexity index is 1210. The van der Waals surface area contributed by atoms with E-state index in [2.05, 4.69) is 9.88 Å². The van der Waals surface area contributed by atoms with E-state index in [1.807, 2.05) is 42.6 Å². The van der Waals surface area contributed by atoms with E-state index in [0.29, 0.717) is 6.42 Å². The summed E-state index contributed by atoms with van der Waals surface area (Å²) in [6.07, 6.45) is 4.49. The van der Waals surface area contributed by atoms with Crippen LogP contribution in [-0.2, 0) is 0 Å². The lowest BCUT2D eigenvalue weighted by Gasteiger charge is -2.24. The van der Waals surface area contributed by atoms with Crippen LogP contribution in [0.3, 0.4) is 0 Å². The number of rotatable bonds is 6. The fourth-order valence-corrected chi connectivity index (χ4v) is 5.53. The van der Waals surface area contributed by atoms with Crippen molar-refractivity contribution in [3.8, 4) is 32.8 Å². The predicted octanol–water partition coefficient (Wildman–Crippen LogP) is 5.35. The molecule has 0 radical (unpaired) electrons. The maximum Gasteiger partial charge on any atom is 0.186 e. The lowest BCUT2D eigenvalue weighted by atomic mass is 10.0. The summed E-state index contributed by atoms with van der Waals surface area (Å²) in [5, 5.41) is 19.9. The molecule has 0 spiro atoms. The second kappa shape index (κ2) is 9.39. The van der Waals surface area contributed by atoms with Crippen LogP contribution >= 0.6 is 11.3 Å². The molecule has 0 bridgehead atoms. The monoisotopic (exact) mass is 461 g/mol. The normalized spacial score (nSPS) is 16.0. The zero-order valence-corrected chi connectivity index (χ0v) is 18.8. The van der Waals surface area contributed by atoms with Crippen LogP contribution < -0.4 is 4.90 Å². The first-order valence-corrected chi connectivity index (χ1v) is 11.8. The average molecular weight is 462 g/mol. The fraction of sp³-hybridized carbons (Fsp3) is 0.231. The number of pyridine rings is 1. The zero-order valence-electron chi connectivity index (χ0n) is 17.9. The van der Waals surface area contributed by atoms with Crippen LogP contribution in [0.2, 0.25) is 0 Å². The first kappa shape index (κ1) is 21.7. The van der Waals surface area contributed by atoms with Crippen molar-refractivity contribution in [1.82, 2.24) is 9.97 Å². The third-order valence-corrected chi connectivity index (χ3v) is 7.12. The van der Waals surface area contributed by atoms with Crippen LogP contribution in [0.25, 0.3) is 32.8 Å². The molecule has 7 heteroatoms. The Kier molecular flexibility index (Phi) is 6.17. The lowest BCUT2D eigenvalue weighted by Crippen LogP contribution is -2.32. The minimum Gasteiger partial charge on any atom is -0.368 e. The van der Waals surface area contributed by atoms with Crippen LogP contribution in [-0.4, -0.2) is 39.1 Å². The maximum absolute atomic E-state index is 13.3. The second-order valence-electron chi connectivity index (χ2n) is 8.21. The Labute approximate surface area is 195 Å². The first-order chi connectivity index (χ1) is 16.1. The number of aliphatic hydroxyl groups is 2. The number of aromatic nitrogens is 2. The van der Waals surface area contributed by atoms with Crippen molar-refractivity contribution < 1.29 is 14.6 Å². The molecular formula is C26H24FN3O2S. The molecule has 1 unspecified atom stereocenters. The summed E-state index contributed by atoms with van der Waals surface area (Å²) in [7, 11) is 0. The van der Waals surface area contributed by atoms with E-state index in [1.54, 1.807) is 29.7 Å². The molecule has 1 saturated heterocycles. The molecule has 1 aliphatic rings. The van der Waals surface area contributed by atoms with Gasteiger partial charge in [-0.3, -0.25) is 4.98 Å². The summed E-state index contributed by atoms with van der Waals surface area (Å²) in [6, 6.07) is 18.6. The summed E-state index contributed by atoms with van der Waals surface area (Å²) in [6.45, 7) is 0.848. The van der Waals surface area contributed by atoms with Gasteiger partial charge in [-0.1, -0.05) is 53.8 Å². The zero-order chi connectivity index (χ0) is 22.8. The third kappa shape index (κ3) is 4.66. The molecule has 1 fully saturated rings. The summed E-state index contributed by atoms with van der Waals surface area (Å²) in [4.78, 5) is 12.5. The summed E-state index contributed by atoms with van der Waals surface area (Å²) >= 11 is 1.61. The maximum atomic E-state index is 13.3. The lowest BCUT2D eigenvalue weighted by molar-refractivity contribution is -0.0489. The number of nitrogens with zero attached hydrogens (tertiary/aromatic N) is 3. The molecule has 0 aliphatic carbocycles. The van der Waals surface area contributed by atoms with Gasteiger partial charge in [0.2, 0.25) is 0 Å². The molecular weight excluding hydrogens is 437 g/mol. The molecule has 0 amide bonds. The highest BCUT2D eigenvalue weighted by Gasteiger charge is 2.30. The smallest absolute Gasteiger partial charge is 0.186 e. The van der Waals surface area contributed by atoms with Gasteiger partial charge in [-0.25, -0.2) is 9.37 Å². The molecule has 3 heterocycles. The molecule has 33 heavy (non-hydrogen) atoms. The minimum atomic E-state index is -1.33. The Balaban J connectivity index is 1.53. The van der Waals surface area contributed by atoms with Gasteiger partial charge < -0.3 is 15.1 Å². The average Bonchev–Trinajstić information content (AvgIpc) is 3.47. The molecule has 168 valence electrons. The van der Waals surface area contributed by atoms with Crippen molar-refractivity contribution in [1.29, 1.82) is 0 Å². The van der Waals surface area contributed by atoms with Crippen LogP contribution in [0.15, 0.2) is 73.1 Å². The molecule has 1 aliphatic heterocycles. The topological polar surface area (TPSA) is 69.5 Å². The van der Waals surface area contributed by atoms with E-state index in [0.717, 1.165) is 57.3 Å². The van der Waals surface area contributed by atoms with E-state index >= 15 is 0 Å². The summed E-state index contributed by atoms with van der Waals surface area (Å²) < 4.78 is 13.3. The van der Waals surface area contributed by atoms with Gasteiger partial charge in [0.15, 0.2) is 11.4 Å². The van der Waals surface area contributed by atoms with Gasteiger partial charge in [-0.2, -0.15) is 0 Å². The van der Waals surface area contributed by atoms with E-state index in [9.17, 15) is 14.6 Å². The standard InChI is InChI=1S/C26H24FN3O2S/c27-21-11-9-18(10-12-21)17-5-7-19(8-6-17)24-25(20-3-1-13-28-16-20)33-26(29-24)30-14-2-4-22(30)15-23(31)32/h1,3,5-13,16,22-23,31-32H,2,4,14-15H2. The van der Waals surface area contributed by atoms with Crippen LogP contribution in [0.5, 0.6) is 0 Å². The van der Waals surface area contributed by atoms with E-state index in [-0.39, 0.29) is 11.9 Å². The highest BCUT2D eigenvalue weighted by molar-refractivity contribution is 7.19. The molecule has 2 N–H and O–H groups in total. The predicted molar refractivity (Wildman–Crippen MR) is 129 cm³/mol. The number of benzene rings is 2. The van der Waals surface area contributed by atoms with E-state index < -0.39 is 6.29 Å².